The summed E-state index contributed by atoms with van der Waals surface area (Å²) >= 11 is 0. The van der Waals surface area contributed by atoms with E-state index in [1.807, 2.05) is 38.1 Å². The van der Waals surface area contributed by atoms with E-state index in [2.05, 4.69) is 0 Å². The molecule has 0 unspecified atom stereocenters. The van der Waals surface area contributed by atoms with Gasteiger partial charge < -0.3 is 5.11 Å². The molecule has 0 saturated heterocycles. The lowest BCUT2D eigenvalue weighted by Crippen LogP contribution is -2.09. The summed E-state index contributed by atoms with van der Waals surface area (Å²) in [4.78, 5) is 22.5. The lowest BCUT2D eigenvalue weighted by Gasteiger charge is -2.06. The summed E-state index contributed by atoms with van der Waals surface area (Å²) in [6.45, 7) is 3.81. The first kappa shape index (κ1) is 15.0. The van der Waals surface area contributed by atoms with E-state index in [0.29, 0.717) is 6.42 Å². The van der Waals surface area contributed by atoms with Crippen LogP contribution >= 0.6 is 0 Å². The second-order valence-electron chi connectivity index (χ2n) is 5.38. The Morgan fingerprint density at radius 3 is 1.81 bits per heavy atom. The van der Waals surface area contributed by atoms with Gasteiger partial charge in [0.1, 0.15) is 5.78 Å². The fraction of sp³-hybridized carbons (Fsp3) is 0.222. The maximum absolute atomic E-state index is 11.7. The van der Waals surface area contributed by atoms with Crippen molar-refractivity contribution in [1.29, 1.82) is 0 Å². The number of carbonyl (C=O) groups is 2. The minimum absolute atomic E-state index is 0.0493. The Balaban J connectivity index is 2.15. The number of ketones is 1. The Labute approximate surface area is 124 Å². The van der Waals surface area contributed by atoms with Crippen LogP contribution in [-0.4, -0.2) is 16.9 Å². The number of aromatic carboxylic acids is 1. The molecule has 108 valence electrons. The molecule has 0 aliphatic carbocycles. The first-order valence-electron chi connectivity index (χ1n) is 6.93. The third kappa shape index (κ3) is 3.78. The van der Waals surface area contributed by atoms with Gasteiger partial charge in [0.15, 0.2) is 0 Å². The smallest absolute Gasteiger partial charge is 0.335 e. The first-order chi connectivity index (χ1) is 9.97. The van der Waals surface area contributed by atoms with E-state index in [-0.39, 0.29) is 17.3 Å². The second-order valence-corrected chi connectivity index (χ2v) is 5.38. The van der Waals surface area contributed by atoms with Crippen molar-refractivity contribution in [2.45, 2.75) is 20.3 Å². The number of Topliss-reactive ketones (excluding diaryl/α,β-unsaturated/α-hetero) is 1. The maximum Gasteiger partial charge on any atom is 0.335 e. The van der Waals surface area contributed by atoms with Gasteiger partial charge in [-0.15, -0.1) is 0 Å². The van der Waals surface area contributed by atoms with Gasteiger partial charge in [-0.1, -0.05) is 50.2 Å². The predicted octanol–water partition coefficient (Wildman–Crippen LogP) is 3.82. The third-order valence-corrected chi connectivity index (χ3v) is 3.44. The van der Waals surface area contributed by atoms with Gasteiger partial charge in [0, 0.05) is 12.3 Å². The van der Waals surface area contributed by atoms with Gasteiger partial charge in [-0.2, -0.15) is 0 Å². The lowest BCUT2D eigenvalue weighted by molar-refractivity contribution is -0.121. The molecule has 2 aromatic rings. The van der Waals surface area contributed by atoms with Crippen LogP contribution in [0, 0.1) is 5.92 Å². The summed E-state index contributed by atoms with van der Waals surface area (Å²) in [5, 5.41) is 8.88. The van der Waals surface area contributed by atoms with Crippen molar-refractivity contribution in [1.82, 2.24) is 0 Å². The molecule has 0 bridgehead atoms. The van der Waals surface area contributed by atoms with Gasteiger partial charge in [-0.05, 0) is 28.8 Å². The summed E-state index contributed by atoms with van der Waals surface area (Å²) in [7, 11) is 0. The number of rotatable bonds is 5. The summed E-state index contributed by atoms with van der Waals surface area (Å²) < 4.78 is 0. The predicted molar refractivity (Wildman–Crippen MR) is 82.4 cm³/mol. The van der Waals surface area contributed by atoms with Crippen LogP contribution in [0.15, 0.2) is 48.5 Å². The zero-order valence-electron chi connectivity index (χ0n) is 12.2. The molecule has 0 amide bonds. The normalized spacial score (nSPS) is 10.6. The van der Waals surface area contributed by atoms with Crippen molar-refractivity contribution >= 4 is 11.8 Å². The quantitative estimate of drug-likeness (QED) is 0.907. The molecule has 0 fully saturated rings. The van der Waals surface area contributed by atoms with Crippen molar-refractivity contribution in [3.8, 4) is 11.1 Å². The average molecular weight is 282 g/mol. The molecular formula is C18H18O3. The summed E-state index contributed by atoms with van der Waals surface area (Å²) in [5.41, 5.74) is 3.24. The third-order valence-electron chi connectivity index (χ3n) is 3.44. The van der Waals surface area contributed by atoms with Crippen LogP contribution in [0.25, 0.3) is 11.1 Å². The summed E-state index contributed by atoms with van der Waals surface area (Å²) in [6, 6.07) is 14.6. The van der Waals surface area contributed by atoms with Gasteiger partial charge in [0.25, 0.3) is 0 Å². The molecule has 0 aromatic heterocycles. The van der Waals surface area contributed by atoms with Gasteiger partial charge in [-0.3, -0.25) is 4.79 Å². The summed E-state index contributed by atoms with van der Waals surface area (Å²) in [5.74, 6) is -0.647. The van der Waals surface area contributed by atoms with Crippen LogP contribution in [0.3, 0.4) is 0 Å². The number of hydrogen-bond donors (Lipinski definition) is 1. The van der Waals surface area contributed by atoms with Crippen LogP contribution in [-0.2, 0) is 11.2 Å². The van der Waals surface area contributed by atoms with Crippen LogP contribution in [0.2, 0.25) is 0 Å². The number of carbonyl (C=O) groups excluding carboxylic acids is 1. The highest BCUT2D eigenvalue weighted by molar-refractivity contribution is 5.88. The topological polar surface area (TPSA) is 54.4 Å². The van der Waals surface area contributed by atoms with Crippen molar-refractivity contribution in [3.05, 3.63) is 59.7 Å². The number of benzene rings is 2. The molecule has 0 radical (unpaired) electrons. The molecule has 0 atom stereocenters. The standard InChI is InChI=1S/C18H18O3/c1-12(2)17(19)11-13-3-5-14(6-4-13)15-7-9-16(10-8-15)18(20)21/h3-10,12H,11H2,1-2H3,(H,20,21). The molecule has 0 spiro atoms. The molecule has 0 aliphatic heterocycles. The van der Waals surface area contributed by atoms with E-state index in [1.165, 1.54) is 0 Å². The van der Waals surface area contributed by atoms with Gasteiger partial charge in [-0.25, -0.2) is 4.79 Å². The number of hydrogen-bond acceptors (Lipinski definition) is 2. The lowest BCUT2D eigenvalue weighted by atomic mass is 9.98. The fourth-order valence-electron chi connectivity index (χ4n) is 2.03. The molecule has 0 aliphatic rings. The number of carboxylic acids is 1. The zero-order valence-corrected chi connectivity index (χ0v) is 12.2. The molecule has 2 rings (SSSR count). The van der Waals surface area contributed by atoms with E-state index in [4.69, 9.17) is 5.11 Å². The van der Waals surface area contributed by atoms with Crippen molar-refractivity contribution in [3.63, 3.8) is 0 Å². The van der Waals surface area contributed by atoms with Crippen LogP contribution in [0.4, 0.5) is 0 Å². The monoisotopic (exact) mass is 282 g/mol. The van der Waals surface area contributed by atoms with Crippen molar-refractivity contribution < 1.29 is 14.7 Å². The Kier molecular flexibility index (Phi) is 4.53. The SMILES string of the molecule is CC(C)C(=O)Cc1ccc(-c2ccc(C(=O)O)cc2)cc1. The molecule has 2 aromatic carbocycles. The molecule has 1 N–H and O–H groups in total. The van der Waals surface area contributed by atoms with E-state index in [9.17, 15) is 9.59 Å². The maximum atomic E-state index is 11.7. The van der Waals surface area contributed by atoms with E-state index in [1.54, 1.807) is 24.3 Å². The Hall–Kier alpha value is -2.42. The van der Waals surface area contributed by atoms with Gasteiger partial charge in [0.05, 0.1) is 5.56 Å². The summed E-state index contributed by atoms with van der Waals surface area (Å²) in [6.07, 6.45) is 0.454. The molecule has 0 saturated carbocycles. The van der Waals surface area contributed by atoms with Crippen molar-refractivity contribution in [2.24, 2.45) is 5.92 Å². The Morgan fingerprint density at radius 2 is 1.38 bits per heavy atom. The van der Waals surface area contributed by atoms with Gasteiger partial charge in [0.2, 0.25) is 0 Å². The van der Waals surface area contributed by atoms with Crippen LogP contribution in [0.5, 0.6) is 0 Å². The van der Waals surface area contributed by atoms with Crippen LogP contribution in [0.1, 0.15) is 29.8 Å². The van der Waals surface area contributed by atoms with E-state index < -0.39 is 5.97 Å². The van der Waals surface area contributed by atoms with Crippen molar-refractivity contribution in [2.75, 3.05) is 0 Å². The minimum Gasteiger partial charge on any atom is -0.478 e. The highest BCUT2D eigenvalue weighted by Crippen LogP contribution is 2.21. The highest BCUT2D eigenvalue weighted by atomic mass is 16.4. The molecule has 21 heavy (non-hydrogen) atoms. The first-order valence-corrected chi connectivity index (χ1v) is 6.93. The highest BCUT2D eigenvalue weighted by Gasteiger charge is 2.08. The fourth-order valence-corrected chi connectivity index (χ4v) is 2.03. The molecule has 3 heteroatoms. The molecule has 3 nitrogen and oxygen atoms in total. The molecular weight excluding hydrogens is 264 g/mol. The van der Waals surface area contributed by atoms with E-state index in [0.717, 1.165) is 16.7 Å². The molecule has 0 heterocycles. The Morgan fingerprint density at radius 1 is 0.905 bits per heavy atom. The Bertz CT molecular complexity index is 637. The number of carboxylic acid groups (broad SMARTS) is 1. The zero-order chi connectivity index (χ0) is 15.4. The minimum atomic E-state index is -0.927. The van der Waals surface area contributed by atoms with E-state index >= 15 is 0 Å². The largest absolute Gasteiger partial charge is 0.478 e. The average Bonchev–Trinajstić information content (AvgIpc) is 2.48. The van der Waals surface area contributed by atoms with Gasteiger partial charge >= 0.3 is 5.97 Å². The van der Waals surface area contributed by atoms with Crippen LogP contribution < -0.4 is 0 Å². The second kappa shape index (κ2) is 6.35.